The molecule has 5 nitrogen and oxygen atoms in total. The Labute approximate surface area is 119 Å². The van der Waals surface area contributed by atoms with Crippen LogP contribution in [0.4, 0.5) is 0 Å². The molecule has 0 saturated carbocycles. The Morgan fingerprint density at radius 3 is 2.70 bits per heavy atom. The van der Waals surface area contributed by atoms with Crippen molar-refractivity contribution in [2.24, 2.45) is 0 Å². The minimum atomic E-state index is 0.248. The van der Waals surface area contributed by atoms with Crippen LogP contribution in [0, 0.1) is 0 Å². The molecule has 1 unspecified atom stereocenters. The van der Waals surface area contributed by atoms with E-state index < -0.39 is 0 Å². The number of aromatic amines is 1. The highest BCUT2D eigenvalue weighted by Gasteiger charge is 2.09. The van der Waals surface area contributed by atoms with Gasteiger partial charge in [0, 0.05) is 30.9 Å². The smallest absolute Gasteiger partial charge is 0.161 e. The number of hydrogen-bond donors (Lipinski definition) is 2. The molecule has 2 aromatic rings. The number of benzene rings is 1. The van der Waals surface area contributed by atoms with Gasteiger partial charge in [0.2, 0.25) is 0 Å². The second-order valence-electron chi connectivity index (χ2n) is 4.62. The maximum absolute atomic E-state index is 5.32. The molecule has 0 fully saturated rings. The zero-order valence-corrected chi connectivity index (χ0v) is 12.1. The molecule has 2 rings (SSSR count). The molecule has 0 radical (unpaired) electrons. The van der Waals surface area contributed by atoms with E-state index in [1.807, 2.05) is 18.3 Å². The first kappa shape index (κ1) is 14.4. The summed E-state index contributed by atoms with van der Waals surface area (Å²) in [7, 11) is 3.29. The summed E-state index contributed by atoms with van der Waals surface area (Å²) in [4.78, 5) is 7.10. The average Bonchev–Trinajstić information content (AvgIpc) is 2.99. The Morgan fingerprint density at radius 1 is 1.25 bits per heavy atom. The van der Waals surface area contributed by atoms with E-state index in [1.54, 1.807) is 20.5 Å². The third-order valence-electron chi connectivity index (χ3n) is 3.31. The van der Waals surface area contributed by atoms with Gasteiger partial charge in [-0.2, -0.15) is 0 Å². The molecule has 1 aromatic carbocycles. The fraction of sp³-hybridized carbons (Fsp3) is 0.400. The van der Waals surface area contributed by atoms with E-state index in [2.05, 4.69) is 28.3 Å². The second-order valence-corrected chi connectivity index (χ2v) is 4.62. The number of hydrogen-bond acceptors (Lipinski definition) is 4. The van der Waals surface area contributed by atoms with Gasteiger partial charge in [0.1, 0.15) is 0 Å². The minimum Gasteiger partial charge on any atom is -0.493 e. The largest absolute Gasteiger partial charge is 0.493 e. The summed E-state index contributed by atoms with van der Waals surface area (Å²) < 4.78 is 10.6. The lowest BCUT2D eigenvalue weighted by molar-refractivity contribution is 0.354. The van der Waals surface area contributed by atoms with E-state index in [9.17, 15) is 0 Å². The number of ether oxygens (including phenoxy) is 2. The Bertz CT molecular complexity index is 526. The lowest BCUT2D eigenvalue weighted by atomic mass is 10.1. The summed E-state index contributed by atoms with van der Waals surface area (Å²) in [5.41, 5.74) is 2.31. The van der Waals surface area contributed by atoms with Crippen molar-refractivity contribution < 1.29 is 9.47 Å². The maximum atomic E-state index is 5.32. The molecule has 0 aliphatic heterocycles. The van der Waals surface area contributed by atoms with Crippen molar-refractivity contribution in [2.45, 2.75) is 19.4 Å². The lowest BCUT2D eigenvalue weighted by Crippen LogP contribution is -2.21. The number of nitrogens with zero attached hydrogens (tertiary/aromatic N) is 1. The monoisotopic (exact) mass is 275 g/mol. The number of methoxy groups -OCH3 is 2. The molecule has 2 N–H and O–H groups in total. The molecule has 1 atom stereocenters. The van der Waals surface area contributed by atoms with Crippen LogP contribution in [0.15, 0.2) is 30.7 Å². The van der Waals surface area contributed by atoms with Gasteiger partial charge in [-0.3, -0.25) is 0 Å². The first-order valence-corrected chi connectivity index (χ1v) is 6.67. The van der Waals surface area contributed by atoms with Crippen LogP contribution in [0.5, 0.6) is 11.5 Å². The summed E-state index contributed by atoms with van der Waals surface area (Å²) in [5.74, 6) is 1.51. The molecule has 0 saturated heterocycles. The zero-order chi connectivity index (χ0) is 14.4. The van der Waals surface area contributed by atoms with Crippen molar-refractivity contribution >= 4 is 0 Å². The average molecular weight is 275 g/mol. The van der Waals surface area contributed by atoms with Crippen LogP contribution in [-0.4, -0.2) is 30.7 Å². The minimum absolute atomic E-state index is 0.248. The fourth-order valence-electron chi connectivity index (χ4n) is 2.08. The Hall–Kier alpha value is -2.01. The molecular weight excluding hydrogens is 254 g/mol. The summed E-state index contributed by atoms with van der Waals surface area (Å²) >= 11 is 0. The Balaban J connectivity index is 1.93. The highest BCUT2D eigenvalue weighted by molar-refractivity contribution is 5.43. The quantitative estimate of drug-likeness (QED) is 0.814. The van der Waals surface area contributed by atoms with Gasteiger partial charge in [0.15, 0.2) is 11.5 Å². The van der Waals surface area contributed by atoms with Crippen molar-refractivity contribution in [3.63, 3.8) is 0 Å². The third-order valence-corrected chi connectivity index (χ3v) is 3.31. The van der Waals surface area contributed by atoms with Crippen LogP contribution in [-0.2, 0) is 6.42 Å². The SMILES string of the molecule is COc1ccc(C(C)NCCc2cnc[nH]2)cc1OC. The lowest BCUT2D eigenvalue weighted by Gasteiger charge is -2.16. The number of nitrogens with one attached hydrogen (secondary N) is 2. The highest BCUT2D eigenvalue weighted by Crippen LogP contribution is 2.29. The number of imidazole rings is 1. The third kappa shape index (κ3) is 3.51. The van der Waals surface area contributed by atoms with E-state index in [0.29, 0.717) is 0 Å². The molecule has 1 heterocycles. The van der Waals surface area contributed by atoms with Gasteiger partial charge in [-0.1, -0.05) is 6.07 Å². The van der Waals surface area contributed by atoms with E-state index in [1.165, 1.54) is 5.56 Å². The summed E-state index contributed by atoms with van der Waals surface area (Å²) in [6, 6.07) is 6.24. The van der Waals surface area contributed by atoms with Crippen LogP contribution >= 0.6 is 0 Å². The molecule has 0 aliphatic carbocycles. The van der Waals surface area contributed by atoms with Crippen LogP contribution in [0.2, 0.25) is 0 Å². The van der Waals surface area contributed by atoms with Gasteiger partial charge < -0.3 is 19.8 Å². The fourth-order valence-corrected chi connectivity index (χ4v) is 2.08. The predicted octanol–water partition coefficient (Wildman–Crippen LogP) is 2.32. The van der Waals surface area contributed by atoms with Gasteiger partial charge in [0.05, 0.1) is 20.5 Å². The first-order valence-electron chi connectivity index (χ1n) is 6.67. The molecule has 1 aromatic heterocycles. The summed E-state index contributed by atoms with van der Waals surface area (Å²) in [6.45, 7) is 3.02. The maximum Gasteiger partial charge on any atom is 0.161 e. The summed E-state index contributed by atoms with van der Waals surface area (Å²) in [6.07, 6.45) is 4.48. The van der Waals surface area contributed by atoms with E-state index in [-0.39, 0.29) is 6.04 Å². The first-order chi connectivity index (χ1) is 9.74. The van der Waals surface area contributed by atoms with Crippen LogP contribution in [0.3, 0.4) is 0 Å². The Morgan fingerprint density at radius 2 is 2.05 bits per heavy atom. The molecule has 20 heavy (non-hydrogen) atoms. The van der Waals surface area contributed by atoms with E-state index >= 15 is 0 Å². The van der Waals surface area contributed by atoms with Crippen LogP contribution in [0.1, 0.15) is 24.2 Å². The van der Waals surface area contributed by atoms with E-state index in [0.717, 1.165) is 30.2 Å². The molecular formula is C15H21N3O2. The van der Waals surface area contributed by atoms with Gasteiger partial charge in [0.25, 0.3) is 0 Å². The molecule has 5 heteroatoms. The van der Waals surface area contributed by atoms with Gasteiger partial charge in [-0.05, 0) is 24.6 Å². The van der Waals surface area contributed by atoms with Crippen molar-refractivity contribution in [3.05, 3.63) is 42.0 Å². The molecule has 0 aliphatic rings. The van der Waals surface area contributed by atoms with Crippen molar-refractivity contribution in [2.75, 3.05) is 20.8 Å². The highest BCUT2D eigenvalue weighted by atomic mass is 16.5. The number of H-pyrrole nitrogens is 1. The van der Waals surface area contributed by atoms with Gasteiger partial charge in [-0.15, -0.1) is 0 Å². The van der Waals surface area contributed by atoms with E-state index in [4.69, 9.17) is 9.47 Å². The standard InChI is InChI=1S/C15H21N3O2/c1-11(17-7-6-13-9-16-10-18-13)12-4-5-14(19-2)15(8-12)20-3/h4-5,8-11,17H,6-7H2,1-3H3,(H,16,18). The molecule has 108 valence electrons. The predicted molar refractivity (Wildman–Crippen MR) is 78.3 cm³/mol. The summed E-state index contributed by atoms with van der Waals surface area (Å²) in [5, 5.41) is 3.48. The molecule has 0 bridgehead atoms. The van der Waals surface area contributed by atoms with Crippen molar-refractivity contribution in [1.29, 1.82) is 0 Å². The van der Waals surface area contributed by atoms with Crippen LogP contribution < -0.4 is 14.8 Å². The zero-order valence-electron chi connectivity index (χ0n) is 12.1. The number of rotatable bonds is 7. The topological polar surface area (TPSA) is 59.2 Å². The normalized spacial score (nSPS) is 12.2. The van der Waals surface area contributed by atoms with Gasteiger partial charge >= 0.3 is 0 Å². The second kappa shape index (κ2) is 6.96. The van der Waals surface area contributed by atoms with Gasteiger partial charge in [-0.25, -0.2) is 4.98 Å². The van der Waals surface area contributed by atoms with Crippen molar-refractivity contribution in [3.8, 4) is 11.5 Å². The number of aromatic nitrogens is 2. The van der Waals surface area contributed by atoms with Crippen LogP contribution in [0.25, 0.3) is 0 Å². The Kier molecular flexibility index (Phi) is 5.01. The molecule has 0 amide bonds. The molecule has 0 spiro atoms. The van der Waals surface area contributed by atoms with Crippen molar-refractivity contribution in [1.82, 2.24) is 15.3 Å².